The van der Waals surface area contributed by atoms with Gasteiger partial charge in [0.15, 0.2) is 0 Å². The van der Waals surface area contributed by atoms with E-state index in [1.54, 1.807) is 49.6 Å². The van der Waals surface area contributed by atoms with Gasteiger partial charge in [0.1, 0.15) is 24.3 Å². The molecule has 3 aromatic rings. The number of amides is 3. The molecule has 2 heterocycles. The maximum Gasteiger partial charge on any atom is 0.423 e. The fourth-order valence-electron chi connectivity index (χ4n) is 4.43. The number of imide groups is 1. The molecule has 182 valence electrons. The number of cyclic esters (lactones) is 1. The van der Waals surface area contributed by atoms with E-state index in [1.807, 2.05) is 54.6 Å². The van der Waals surface area contributed by atoms with Gasteiger partial charge in [0.25, 0.3) is 0 Å². The first-order valence-electron chi connectivity index (χ1n) is 11.5. The number of rotatable bonds is 6. The zero-order valence-corrected chi connectivity index (χ0v) is 19.5. The molecule has 8 nitrogen and oxygen atoms in total. The molecule has 8 heteroatoms. The van der Waals surface area contributed by atoms with Crippen molar-refractivity contribution in [2.45, 2.75) is 12.2 Å². The zero-order valence-electron chi connectivity index (χ0n) is 19.5. The third kappa shape index (κ3) is 4.40. The van der Waals surface area contributed by atoms with Crippen molar-refractivity contribution in [1.29, 1.82) is 0 Å². The summed E-state index contributed by atoms with van der Waals surface area (Å²) in [5.41, 5.74) is 1.66. The molecular weight excluding hydrogens is 460 g/mol. The van der Waals surface area contributed by atoms with Crippen LogP contribution in [0, 0.1) is 5.92 Å². The van der Waals surface area contributed by atoms with Crippen molar-refractivity contribution in [3.05, 3.63) is 102 Å². The van der Waals surface area contributed by atoms with Crippen molar-refractivity contribution >= 4 is 24.2 Å². The van der Waals surface area contributed by atoms with Crippen LogP contribution < -0.4 is 9.47 Å². The highest BCUT2D eigenvalue weighted by atomic mass is 16.6. The topological polar surface area (TPSA) is 85.4 Å². The number of methoxy groups -OCH3 is 1. The molecular formula is C28H24N2O6. The van der Waals surface area contributed by atoms with Crippen LogP contribution in [0.4, 0.5) is 9.59 Å². The molecule has 5 rings (SSSR count). The molecule has 0 aliphatic carbocycles. The van der Waals surface area contributed by atoms with Gasteiger partial charge >= 0.3 is 12.2 Å². The summed E-state index contributed by atoms with van der Waals surface area (Å²) in [5, 5.41) is 0. The Hall–Kier alpha value is -4.59. The first-order chi connectivity index (χ1) is 17.6. The molecule has 3 aromatic carbocycles. The molecule has 0 saturated carbocycles. The van der Waals surface area contributed by atoms with Gasteiger partial charge in [0.2, 0.25) is 5.91 Å². The molecule has 0 spiro atoms. The van der Waals surface area contributed by atoms with Crippen LogP contribution in [0.1, 0.15) is 17.2 Å². The van der Waals surface area contributed by atoms with Crippen LogP contribution in [0.5, 0.6) is 11.5 Å². The van der Waals surface area contributed by atoms with Crippen LogP contribution in [0.15, 0.2) is 91.0 Å². The highest BCUT2D eigenvalue weighted by Gasteiger charge is 2.58. The summed E-state index contributed by atoms with van der Waals surface area (Å²) >= 11 is 0. The molecule has 36 heavy (non-hydrogen) atoms. The quantitative estimate of drug-likeness (QED) is 0.464. The number of carbonyl (C=O) groups excluding carboxylic acids is 3. The van der Waals surface area contributed by atoms with E-state index < -0.39 is 36.2 Å². The van der Waals surface area contributed by atoms with Crippen LogP contribution >= 0.6 is 0 Å². The van der Waals surface area contributed by atoms with Crippen LogP contribution in [-0.4, -0.2) is 47.8 Å². The highest BCUT2D eigenvalue weighted by Crippen LogP contribution is 2.40. The number of nitrogens with zero attached hydrogens (tertiary/aromatic N) is 2. The lowest BCUT2D eigenvalue weighted by Crippen LogP contribution is -2.69. The van der Waals surface area contributed by atoms with Crippen molar-refractivity contribution in [1.82, 2.24) is 9.80 Å². The van der Waals surface area contributed by atoms with Gasteiger partial charge in [0, 0.05) is 0 Å². The van der Waals surface area contributed by atoms with E-state index in [9.17, 15) is 14.4 Å². The van der Waals surface area contributed by atoms with Gasteiger partial charge in [-0.25, -0.2) is 14.5 Å². The molecule has 3 atom stereocenters. The van der Waals surface area contributed by atoms with Crippen molar-refractivity contribution in [2.24, 2.45) is 5.92 Å². The largest absolute Gasteiger partial charge is 0.497 e. The average molecular weight is 485 g/mol. The maximum absolute atomic E-state index is 13.2. The number of hydrogen-bond donors (Lipinski definition) is 0. The van der Waals surface area contributed by atoms with E-state index in [0.29, 0.717) is 11.5 Å². The van der Waals surface area contributed by atoms with Gasteiger partial charge in [-0.2, -0.15) is 0 Å². The standard InChI is InChI=1S/C28H24N2O6/c1-34-22-14-8-9-19(17-22)15-16-23-25(29-24(18-35-27(29)32)20-10-4-2-5-11-20)30(26(23)31)28(33)36-21-12-6-3-7-13-21/h2-17,23-25H,18H2,1H3/t23-,24-,25-/m1/s1. The van der Waals surface area contributed by atoms with E-state index in [2.05, 4.69) is 0 Å². The Morgan fingerprint density at radius 3 is 2.36 bits per heavy atom. The molecule has 0 aromatic heterocycles. The smallest absolute Gasteiger partial charge is 0.423 e. The van der Waals surface area contributed by atoms with Gasteiger partial charge < -0.3 is 14.2 Å². The second-order valence-electron chi connectivity index (χ2n) is 8.38. The Bertz CT molecular complexity index is 1290. The minimum atomic E-state index is -0.907. The van der Waals surface area contributed by atoms with Gasteiger partial charge in [-0.05, 0) is 35.4 Å². The normalized spacial score (nSPS) is 21.3. The second-order valence-corrected chi connectivity index (χ2v) is 8.38. The van der Waals surface area contributed by atoms with Crippen molar-refractivity contribution in [3.63, 3.8) is 0 Å². The third-order valence-electron chi connectivity index (χ3n) is 6.22. The fourth-order valence-corrected chi connectivity index (χ4v) is 4.43. The summed E-state index contributed by atoms with van der Waals surface area (Å²) in [6.45, 7) is 0.113. The Morgan fingerprint density at radius 2 is 1.64 bits per heavy atom. The number of benzene rings is 3. The lowest BCUT2D eigenvalue weighted by Gasteiger charge is -2.48. The van der Waals surface area contributed by atoms with Crippen LogP contribution in [0.25, 0.3) is 6.08 Å². The zero-order chi connectivity index (χ0) is 25.1. The van der Waals surface area contributed by atoms with E-state index in [1.165, 1.54) is 4.90 Å². The minimum Gasteiger partial charge on any atom is -0.497 e. The molecule has 0 radical (unpaired) electrons. The summed E-state index contributed by atoms with van der Waals surface area (Å²) in [4.78, 5) is 41.6. The lowest BCUT2D eigenvalue weighted by molar-refractivity contribution is -0.157. The van der Waals surface area contributed by atoms with Gasteiger partial charge in [0.05, 0.1) is 19.1 Å². The minimum absolute atomic E-state index is 0.113. The van der Waals surface area contributed by atoms with E-state index in [4.69, 9.17) is 14.2 Å². The number of hydrogen-bond acceptors (Lipinski definition) is 6. The molecule has 2 aliphatic heterocycles. The summed E-state index contributed by atoms with van der Waals surface area (Å²) in [7, 11) is 1.58. The summed E-state index contributed by atoms with van der Waals surface area (Å²) in [6, 6.07) is 24.7. The second kappa shape index (κ2) is 9.95. The van der Waals surface area contributed by atoms with Crippen molar-refractivity contribution in [2.75, 3.05) is 13.7 Å². The first kappa shape index (κ1) is 23.2. The van der Waals surface area contributed by atoms with Gasteiger partial charge in [-0.3, -0.25) is 9.69 Å². The number of likely N-dealkylation sites (tertiary alicyclic amines) is 1. The molecule has 2 aliphatic rings. The van der Waals surface area contributed by atoms with E-state index in [0.717, 1.165) is 16.0 Å². The molecule has 0 unspecified atom stereocenters. The highest BCUT2D eigenvalue weighted by molar-refractivity contribution is 6.02. The number of carbonyl (C=O) groups is 3. The molecule has 0 bridgehead atoms. The van der Waals surface area contributed by atoms with E-state index in [-0.39, 0.29) is 6.61 Å². The Balaban J connectivity index is 1.47. The van der Waals surface area contributed by atoms with Crippen LogP contribution in [0.2, 0.25) is 0 Å². The predicted octanol–water partition coefficient (Wildman–Crippen LogP) is 4.89. The SMILES string of the molecule is COc1cccc(C=C[C@H]2C(=O)N(C(=O)Oc3ccccc3)[C@H]2N2C(=O)OC[C@@H]2c2ccccc2)c1. The number of β-lactam (4-membered cyclic amide) rings is 1. The van der Waals surface area contributed by atoms with Gasteiger partial charge in [-0.1, -0.05) is 72.8 Å². The number of para-hydroxylation sites is 1. The number of ether oxygens (including phenoxy) is 3. The molecule has 2 saturated heterocycles. The molecule has 2 fully saturated rings. The Kier molecular flexibility index (Phi) is 6.40. The Labute approximate surface area is 208 Å². The van der Waals surface area contributed by atoms with Crippen molar-refractivity contribution < 1.29 is 28.6 Å². The van der Waals surface area contributed by atoms with Crippen molar-refractivity contribution in [3.8, 4) is 11.5 Å². The summed E-state index contributed by atoms with van der Waals surface area (Å²) < 4.78 is 16.1. The molecule has 3 amide bonds. The Morgan fingerprint density at radius 1 is 0.944 bits per heavy atom. The molecule has 0 N–H and O–H groups in total. The van der Waals surface area contributed by atoms with E-state index >= 15 is 0 Å². The van der Waals surface area contributed by atoms with Crippen LogP contribution in [0.3, 0.4) is 0 Å². The first-order valence-corrected chi connectivity index (χ1v) is 11.5. The average Bonchev–Trinajstić information content (AvgIpc) is 3.28. The fraction of sp³-hybridized carbons (Fsp3) is 0.179. The monoisotopic (exact) mass is 484 g/mol. The maximum atomic E-state index is 13.2. The summed E-state index contributed by atoms with van der Waals surface area (Å²) in [6.07, 6.45) is 1.11. The predicted molar refractivity (Wildman–Crippen MR) is 131 cm³/mol. The summed E-state index contributed by atoms with van der Waals surface area (Å²) in [5.74, 6) is -0.259. The third-order valence-corrected chi connectivity index (χ3v) is 6.22. The van der Waals surface area contributed by atoms with Crippen LogP contribution in [-0.2, 0) is 9.53 Å². The van der Waals surface area contributed by atoms with Gasteiger partial charge in [-0.15, -0.1) is 0 Å². The lowest BCUT2D eigenvalue weighted by atomic mass is 9.90.